The van der Waals surface area contributed by atoms with Crippen molar-refractivity contribution in [2.24, 2.45) is 0 Å². The zero-order chi connectivity index (χ0) is 22.5. The van der Waals surface area contributed by atoms with Crippen LogP contribution in [-0.4, -0.2) is 34.4 Å². The lowest BCUT2D eigenvalue weighted by Gasteiger charge is -2.09. The monoisotopic (exact) mass is 488 g/mol. The predicted molar refractivity (Wildman–Crippen MR) is 122 cm³/mol. The molecule has 0 saturated carbocycles. The third-order valence-corrected chi connectivity index (χ3v) is 6.47. The van der Waals surface area contributed by atoms with E-state index in [1.54, 1.807) is 17.1 Å². The maximum atomic E-state index is 11.8. The van der Waals surface area contributed by atoms with Gasteiger partial charge in [0.2, 0.25) is 5.06 Å². The van der Waals surface area contributed by atoms with E-state index in [1.807, 2.05) is 47.3 Å². The average Bonchev–Trinajstić information content (AvgIpc) is 3.49. The number of benzene rings is 1. The minimum Gasteiger partial charge on any atom is -0.755 e. The normalized spacial score (nSPS) is 11.9. The fourth-order valence-corrected chi connectivity index (χ4v) is 4.89. The number of aryl methyl sites for hydroxylation is 1. The summed E-state index contributed by atoms with van der Waals surface area (Å²) >= 11 is 0.0130. The lowest BCUT2D eigenvalue weighted by molar-refractivity contribution is 0.208. The average molecular weight is 489 g/mol. The lowest BCUT2D eigenvalue weighted by Crippen LogP contribution is -2.28. The van der Waals surface area contributed by atoms with E-state index in [0.717, 1.165) is 39.8 Å². The first-order chi connectivity index (χ1) is 15.5. The number of carbonyl (C=O) groups excluding carboxylic acids is 1. The van der Waals surface area contributed by atoms with Crippen molar-refractivity contribution in [3.8, 4) is 27.2 Å². The zero-order valence-corrected chi connectivity index (χ0v) is 19.3. The van der Waals surface area contributed by atoms with Crippen LogP contribution in [0.5, 0.6) is 5.06 Å². The SMILES string of the molecule is CCCc1nc(-c2ccc(Cn3ccnc3-c3nccs3)cc2)c(OC(=O)NS(=O)[O-])s1. The largest absolute Gasteiger partial charge is 0.755 e. The highest BCUT2D eigenvalue weighted by Crippen LogP contribution is 2.36. The van der Waals surface area contributed by atoms with Crippen LogP contribution < -0.4 is 9.46 Å². The maximum Gasteiger partial charge on any atom is 0.424 e. The predicted octanol–water partition coefficient (Wildman–Crippen LogP) is 4.01. The highest BCUT2D eigenvalue weighted by molar-refractivity contribution is 7.77. The third-order valence-electron chi connectivity index (χ3n) is 4.38. The summed E-state index contributed by atoms with van der Waals surface area (Å²) in [7, 11) is 0. The van der Waals surface area contributed by atoms with Crippen LogP contribution in [0.25, 0.3) is 22.1 Å². The van der Waals surface area contributed by atoms with E-state index in [-0.39, 0.29) is 5.06 Å². The Morgan fingerprint density at radius 3 is 2.75 bits per heavy atom. The van der Waals surface area contributed by atoms with Crippen LogP contribution in [0.1, 0.15) is 23.9 Å². The van der Waals surface area contributed by atoms with Gasteiger partial charge in [-0.25, -0.2) is 19.7 Å². The van der Waals surface area contributed by atoms with Gasteiger partial charge >= 0.3 is 6.09 Å². The Hall–Kier alpha value is -2.93. The Labute approximate surface area is 194 Å². The maximum absolute atomic E-state index is 11.8. The molecule has 0 aliphatic rings. The van der Waals surface area contributed by atoms with Crippen molar-refractivity contribution < 1.29 is 18.3 Å². The van der Waals surface area contributed by atoms with Gasteiger partial charge in [-0.15, -0.1) is 11.3 Å². The van der Waals surface area contributed by atoms with E-state index in [4.69, 9.17) is 4.74 Å². The molecule has 0 aliphatic carbocycles. The fraction of sp³-hybridized carbons (Fsp3) is 0.200. The molecule has 1 unspecified atom stereocenters. The molecular weight excluding hydrogens is 470 g/mol. The van der Waals surface area contributed by atoms with Gasteiger partial charge in [-0.3, -0.25) is 8.93 Å². The van der Waals surface area contributed by atoms with Gasteiger partial charge in [-0.1, -0.05) is 42.5 Å². The van der Waals surface area contributed by atoms with E-state index in [2.05, 4.69) is 15.0 Å². The number of imidazole rings is 1. The van der Waals surface area contributed by atoms with Crippen LogP contribution in [0.3, 0.4) is 0 Å². The second-order valence-corrected chi connectivity index (χ2v) is 9.25. The van der Waals surface area contributed by atoms with Crippen molar-refractivity contribution in [3.05, 3.63) is 58.8 Å². The molecule has 166 valence electrons. The lowest BCUT2D eigenvalue weighted by atomic mass is 10.1. The first-order valence-electron chi connectivity index (χ1n) is 9.61. The minimum absolute atomic E-state index is 0.254. The molecule has 12 heteroatoms. The Morgan fingerprint density at radius 2 is 2.06 bits per heavy atom. The molecular formula is C20H18N5O4S3-. The molecule has 3 heterocycles. The number of ether oxygens (including phenoxy) is 1. The van der Waals surface area contributed by atoms with Crippen LogP contribution in [0.15, 0.2) is 48.2 Å². The highest BCUT2D eigenvalue weighted by atomic mass is 32.2. The third kappa shape index (κ3) is 5.27. The summed E-state index contributed by atoms with van der Waals surface area (Å²) in [6.07, 6.45) is 5.95. The number of aromatic nitrogens is 4. The summed E-state index contributed by atoms with van der Waals surface area (Å²) in [5.74, 6) is 0.810. The first kappa shape index (κ1) is 22.3. The van der Waals surface area contributed by atoms with Gasteiger partial charge in [0, 0.05) is 47.3 Å². The Balaban J connectivity index is 1.56. The highest BCUT2D eigenvalue weighted by Gasteiger charge is 2.18. The van der Waals surface area contributed by atoms with E-state index >= 15 is 0 Å². The zero-order valence-electron chi connectivity index (χ0n) is 16.9. The number of hydrogen-bond donors (Lipinski definition) is 1. The number of nitrogens with one attached hydrogen (secondary N) is 1. The van der Waals surface area contributed by atoms with Crippen molar-refractivity contribution in [1.82, 2.24) is 24.2 Å². The summed E-state index contributed by atoms with van der Waals surface area (Å²) in [5, 5.41) is 3.84. The molecule has 1 N–H and O–H groups in total. The second-order valence-electron chi connectivity index (χ2n) is 6.63. The summed E-state index contributed by atoms with van der Waals surface area (Å²) in [4.78, 5) is 25.1. The Morgan fingerprint density at radius 1 is 1.25 bits per heavy atom. The molecule has 0 aliphatic heterocycles. The van der Waals surface area contributed by atoms with Crippen molar-refractivity contribution in [3.63, 3.8) is 0 Å². The van der Waals surface area contributed by atoms with Crippen LogP contribution in [0.2, 0.25) is 0 Å². The van der Waals surface area contributed by atoms with E-state index in [1.165, 1.54) is 22.7 Å². The molecule has 0 saturated heterocycles. The second kappa shape index (κ2) is 10.1. The molecule has 0 radical (unpaired) electrons. The molecule has 1 amide bonds. The molecule has 0 fully saturated rings. The van der Waals surface area contributed by atoms with Crippen LogP contribution in [0.4, 0.5) is 4.79 Å². The number of nitrogens with zero attached hydrogens (tertiary/aromatic N) is 4. The fourth-order valence-electron chi connectivity index (χ4n) is 3.03. The number of carbonyl (C=O) groups is 1. The van der Waals surface area contributed by atoms with Crippen molar-refractivity contribution in [1.29, 1.82) is 0 Å². The number of amides is 1. The molecule has 9 nitrogen and oxygen atoms in total. The van der Waals surface area contributed by atoms with E-state index in [0.29, 0.717) is 12.2 Å². The molecule has 32 heavy (non-hydrogen) atoms. The molecule has 0 bridgehead atoms. The van der Waals surface area contributed by atoms with Gasteiger partial charge in [0.25, 0.3) is 0 Å². The van der Waals surface area contributed by atoms with Gasteiger partial charge in [0.05, 0.1) is 5.01 Å². The van der Waals surface area contributed by atoms with E-state index < -0.39 is 17.4 Å². The quantitative estimate of drug-likeness (QED) is 0.372. The van der Waals surface area contributed by atoms with Gasteiger partial charge in [0.1, 0.15) is 5.69 Å². The van der Waals surface area contributed by atoms with Crippen molar-refractivity contribution in [2.75, 3.05) is 0 Å². The molecule has 1 atom stereocenters. The summed E-state index contributed by atoms with van der Waals surface area (Å²) < 4.78 is 30.3. The van der Waals surface area contributed by atoms with E-state index in [9.17, 15) is 13.6 Å². The topological polar surface area (TPSA) is 122 Å². The number of thiazole rings is 2. The van der Waals surface area contributed by atoms with Gasteiger partial charge in [-0.2, -0.15) is 0 Å². The molecule has 0 spiro atoms. The minimum atomic E-state index is -2.75. The van der Waals surface area contributed by atoms with Crippen LogP contribution >= 0.6 is 22.7 Å². The van der Waals surface area contributed by atoms with Gasteiger partial charge in [0.15, 0.2) is 10.8 Å². The molecule has 4 rings (SSSR count). The number of hydrogen-bond acceptors (Lipinski definition) is 9. The summed E-state index contributed by atoms with van der Waals surface area (Å²) in [6.45, 7) is 2.65. The molecule has 3 aromatic heterocycles. The standard InChI is InChI=1S/C20H19N5O4S3/c1-2-3-15-23-16(19(31-15)29-20(26)24-32(27)28)14-6-4-13(5-7-14)12-25-10-8-21-17(25)18-22-9-11-30-18/h4-11H,2-3,12H2,1H3,(H,24,26)(H,27,28)/p-1. The number of rotatable bonds is 8. The van der Waals surface area contributed by atoms with Crippen molar-refractivity contribution in [2.45, 2.75) is 26.3 Å². The smallest absolute Gasteiger partial charge is 0.424 e. The van der Waals surface area contributed by atoms with Crippen molar-refractivity contribution >= 4 is 40.0 Å². The molecule has 4 aromatic rings. The Bertz CT molecular complexity index is 1220. The van der Waals surface area contributed by atoms with Gasteiger partial charge < -0.3 is 13.9 Å². The Kier molecular flexibility index (Phi) is 7.05. The first-order valence-corrected chi connectivity index (χ1v) is 12.4. The molecule has 1 aromatic carbocycles. The van der Waals surface area contributed by atoms with Crippen LogP contribution in [0, 0.1) is 0 Å². The van der Waals surface area contributed by atoms with Gasteiger partial charge in [-0.05, 0) is 18.4 Å². The summed E-state index contributed by atoms with van der Waals surface area (Å²) in [5.41, 5.74) is 2.32. The summed E-state index contributed by atoms with van der Waals surface area (Å²) in [6, 6.07) is 7.74. The van der Waals surface area contributed by atoms with Crippen LogP contribution in [-0.2, 0) is 24.2 Å².